The molecule has 1 rings (SSSR count). The average Bonchev–Trinajstić information content (AvgIpc) is 1.90. The number of hydrogen-bond acceptors (Lipinski definition) is 2. The highest BCUT2D eigenvalue weighted by molar-refractivity contribution is 7.52. The largest absolute Gasteiger partial charge is 0.805 e. The topological polar surface area (TPSA) is 79.8 Å². The number of hydrogen-bond donors (Lipinski definition) is 2. The van der Waals surface area contributed by atoms with Gasteiger partial charge in [0.15, 0.2) is 0 Å². The molecular weight excluding hydrogens is 149 g/mol. The fourth-order valence-corrected chi connectivity index (χ4v) is 0.983. The molecule has 56 valence electrons. The first-order valence-electron chi connectivity index (χ1n) is 2.52. The summed E-state index contributed by atoms with van der Waals surface area (Å²) < 4.78 is 0. The van der Waals surface area contributed by atoms with E-state index in [-0.39, 0.29) is 6.15 Å². The van der Waals surface area contributed by atoms with Crippen molar-refractivity contribution in [3.8, 4) is 0 Å². The molecular formula is C6H10NO2P. The van der Waals surface area contributed by atoms with Crippen LogP contribution < -0.4 is 16.3 Å². The number of rotatable bonds is 1. The summed E-state index contributed by atoms with van der Waals surface area (Å²) in [6.07, 6.45) is 0. The highest BCUT2D eigenvalue weighted by Gasteiger charge is 1.87. The van der Waals surface area contributed by atoms with E-state index in [9.17, 15) is 4.89 Å². The van der Waals surface area contributed by atoms with Crippen LogP contribution in [0.2, 0.25) is 0 Å². The van der Waals surface area contributed by atoms with Crippen molar-refractivity contribution < 1.29 is 9.79 Å². The third-order valence-corrected chi connectivity index (χ3v) is 1.72. The van der Waals surface area contributed by atoms with E-state index < -0.39 is 8.38 Å². The Kier molecular flexibility index (Phi) is 4.16. The molecule has 3 nitrogen and oxygen atoms in total. The maximum atomic E-state index is 10.3. The summed E-state index contributed by atoms with van der Waals surface area (Å²) in [5.74, 6) is 0. The number of benzene rings is 1. The van der Waals surface area contributed by atoms with Gasteiger partial charge in [-0.2, -0.15) is 0 Å². The Morgan fingerprint density at radius 2 is 1.70 bits per heavy atom. The molecule has 0 amide bonds. The zero-order chi connectivity index (χ0) is 6.69. The Balaban J connectivity index is 0.000000810. The molecule has 0 aliphatic carbocycles. The van der Waals surface area contributed by atoms with E-state index in [0.717, 1.165) is 0 Å². The minimum absolute atomic E-state index is 0. The van der Waals surface area contributed by atoms with E-state index in [1.807, 2.05) is 6.07 Å². The molecule has 5 N–H and O–H groups in total. The lowest BCUT2D eigenvalue weighted by molar-refractivity contribution is -0.171. The van der Waals surface area contributed by atoms with Gasteiger partial charge in [-0.05, 0) is 13.7 Å². The summed E-state index contributed by atoms with van der Waals surface area (Å²) in [5.41, 5.74) is 0. The highest BCUT2D eigenvalue weighted by Crippen LogP contribution is 2.14. The van der Waals surface area contributed by atoms with Crippen molar-refractivity contribution in [3.05, 3.63) is 30.3 Å². The Morgan fingerprint density at radius 1 is 1.20 bits per heavy atom. The van der Waals surface area contributed by atoms with Gasteiger partial charge in [0.1, 0.15) is 0 Å². The average molecular weight is 159 g/mol. The van der Waals surface area contributed by atoms with Crippen LogP contribution in [0.3, 0.4) is 0 Å². The summed E-state index contributed by atoms with van der Waals surface area (Å²) in [4.78, 5) is 18.9. The van der Waals surface area contributed by atoms with Gasteiger partial charge < -0.3 is 15.9 Å². The SMILES string of the molecule is [NH4+].[O-]P(O)c1ccccc1. The van der Waals surface area contributed by atoms with Crippen LogP contribution in [0.25, 0.3) is 0 Å². The molecule has 0 heterocycles. The monoisotopic (exact) mass is 159 g/mol. The first-order valence-corrected chi connectivity index (χ1v) is 3.73. The van der Waals surface area contributed by atoms with Crippen molar-refractivity contribution in [3.63, 3.8) is 0 Å². The van der Waals surface area contributed by atoms with Gasteiger partial charge in [-0.15, -0.1) is 0 Å². The summed E-state index contributed by atoms with van der Waals surface area (Å²) in [6.45, 7) is 0. The first-order chi connectivity index (χ1) is 4.30. The Bertz CT molecular complexity index is 178. The molecule has 0 aliphatic heterocycles. The number of quaternary nitrogens is 1. The quantitative estimate of drug-likeness (QED) is 0.580. The standard InChI is InChI=1S/C6H6O2P.H3N/c7-9(8)6-4-2-1-3-5-6;/h1-5,7H;1H3/q-1;/p+1. The van der Waals surface area contributed by atoms with Crippen LogP contribution in [-0.4, -0.2) is 4.89 Å². The molecule has 1 aromatic carbocycles. The van der Waals surface area contributed by atoms with E-state index in [1.54, 1.807) is 24.3 Å². The third kappa shape index (κ3) is 2.42. The second-order valence-corrected chi connectivity index (χ2v) is 2.67. The van der Waals surface area contributed by atoms with Gasteiger partial charge in [0.25, 0.3) is 0 Å². The highest BCUT2D eigenvalue weighted by atomic mass is 31.2. The summed E-state index contributed by atoms with van der Waals surface area (Å²) in [5, 5.41) is 0.479. The predicted molar refractivity (Wildman–Crippen MR) is 41.2 cm³/mol. The van der Waals surface area contributed by atoms with Gasteiger partial charge in [-0.3, -0.25) is 0 Å². The lowest BCUT2D eigenvalue weighted by atomic mass is 10.4. The van der Waals surface area contributed by atoms with Crippen LogP contribution in [0.4, 0.5) is 0 Å². The van der Waals surface area contributed by atoms with E-state index in [1.165, 1.54) is 0 Å². The van der Waals surface area contributed by atoms with Gasteiger partial charge in [0, 0.05) is 0 Å². The zero-order valence-corrected chi connectivity index (χ0v) is 6.58. The molecule has 10 heavy (non-hydrogen) atoms. The van der Waals surface area contributed by atoms with Gasteiger partial charge in [-0.25, -0.2) is 0 Å². The van der Waals surface area contributed by atoms with Crippen molar-refractivity contribution in [1.82, 2.24) is 6.15 Å². The normalized spacial score (nSPS) is 11.8. The minimum atomic E-state index is -2.15. The smallest absolute Gasteiger partial charge is 0.0125 e. The van der Waals surface area contributed by atoms with Crippen LogP contribution >= 0.6 is 8.38 Å². The van der Waals surface area contributed by atoms with E-state index in [0.29, 0.717) is 5.30 Å². The lowest BCUT2D eigenvalue weighted by Gasteiger charge is -2.13. The molecule has 0 spiro atoms. The Morgan fingerprint density at radius 3 is 2.00 bits per heavy atom. The molecule has 0 saturated heterocycles. The summed E-state index contributed by atoms with van der Waals surface area (Å²) in [6, 6.07) is 8.53. The van der Waals surface area contributed by atoms with Gasteiger partial charge >= 0.3 is 0 Å². The van der Waals surface area contributed by atoms with Crippen molar-refractivity contribution >= 4 is 13.7 Å². The van der Waals surface area contributed by atoms with Crippen molar-refractivity contribution in [2.75, 3.05) is 0 Å². The molecule has 1 unspecified atom stereocenters. The van der Waals surface area contributed by atoms with E-state index >= 15 is 0 Å². The Labute approximate surface area is 60.8 Å². The predicted octanol–water partition coefficient (Wildman–Crippen LogP) is 0.353. The molecule has 4 heteroatoms. The van der Waals surface area contributed by atoms with Gasteiger partial charge in [0.05, 0.1) is 0 Å². The van der Waals surface area contributed by atoms with E-state index in [2.05, 4.69) is 0 Å². The first kappa shape index (κ1) is 9.53. The maximum absolute atomic E-state index is 10.3. The molecule has 0 fully saturated rings. The fraction of sp³-hybridized carbons (Fsp3) is 0. The van der Waals surface area contributed by atoms with Crippen LogP contribution in [0.5, 0.6) is 0 Å². The van der Waals surface area contributed by atoms with E-state index in [4.69, 9.17) is 4.89 Å². The van der Waals surface area contributed by atoms with Crippen LogP contribution in [0.15, 0.2) is 30.3 Å². The van der Waals surface area contributed by atoms with Gasteiger partial charge in [0.2, 0.25) is 0 Å². The molecule has 1 aromatic rings. The second-order valence-electron chi connectivity index (χ2n) is 1.61. The Hall–Kier alpha value is -0.470. The van der Waals surface area contributed by atoms with Crippen molar-refractivity contribution in [2.24, 2.45) is 0 Å². The maximum Gasteiger partial charge on any atom is -0.0125 e. The molecule has 0 aliphatic rings. The zero-order valence-electron chi connectivity index (χ0n) is 5.69. The van der Waals surface area contributed by atoms with Crippen molar-refractivity contribution in [1.29, 1.82) is 0 Å². The van der Waals surface area contributed by atoms with Gasteiger partial charge in [-0.1, -0.05) is 30.3 Å². The summed E-state index contributed by atoms with van der Waals surface area (Å²) in [7, 11) is -2.15. The van der Waals surface area contributed by atoms with Crippen LogP contribution in [0.1, 0.15) is 0 Å². The third-order valence-electron chi connectivity index (χ3n) is 0.977. The summed E-state index contributed by atoms with van der Waals surface area (Å²) >= 11 is 0. The molecule has 1 atom stereocenters. The van der Waals surface area contributed by atoms with Crippen LogP contribution in [0, 0.1) is 0 Å². The minimum Gasteiger partial charge on any atom is -0.805 e. The molecule has 0 saturated carbocycles. The lowest BCUT2D eigenvalue weighted by Crippen LogP contribution is -2.07. The van der Waals surface area contributed by atoms with Crippen LogP contribution in [-0.2, 0) is 0 Å². The molecule has 0 bridgehead atoms. The second kappa shape index (κ2) is 4.36. The van der Waals surface area contributed by atoms with Crippen molar-refractivity contribution in [2.45, 2.75) is 0 Å². The molecule has 0 radical (unpaired) electrons. The molecule has 0 aromatic heterocycles. The fourth-order valence-electron chi connectivity index (χ4n) is 0.556.